The second-order valence-corrected chi connectivity index (χ2v) is 5.74. The largest absolute Gasteiger partial charge is 0.508 e. The summed E-state index contributed by atoms with van der Waals surface area (Å²) in [6, 6.07) is 8.22. The second kappa shape index (κ2) is 6.57. The number of morpholine rings is 1. The molecule has 2 heterocycles. The molecule has 1 N–H and O–H groups in total. The van der Waals surface area contributed by atoms with Crippen molar-refractivity contribution in [2.45, 2.75) is 18.9 Å². The van der Waals surface area contributed by atoms with E-state index < -0.39 is 0 Å². The molecule has 1 aromatic rings. The Balaban J connectivity index is 1.58. The zero-order valence-corrected chi connectivity index (χ0v) is 12.0. The number of ether oxygens (including phenoxy) is 1. The predicted octanol–water partition coefficient (Wildman–Crippen LogP) is 1.86. The molecule has 0 aliphatic carbocycles. The van der Waals surface area contributed by atoms with E-state index in [1.165, 1.54) is 24.9 Å². The molecule has 3 rings (SSSR count). The topological polar surface area (TPSA) is 35.9 Å². The van der Waals surface area contributed by atoms with Gasteiger partial charge in [-0.2, -0.15) is 0 Å². The zero-order chi connectivity index (χ0) is 13.8. The van der Waals surface area contributed by atoms with Crippen molar-refractivity contribution in [3.8, 4) is 5.75 Å². The number of rotatable bonds is 4. The van der Waals surface area contributed by atoms with Crippen molar-refractivity contribution >= 4 is 0 Å². The molecule has 1 atom stereocenters. The number of aromatic hydroxyl groups is 1. The summed E-state index contributed by atoms with van der Waals surface area (Å²) in [7, 11) is 0. The maximum atomic E-state index is 9.65. The number of nitrogens with zero attached hydrogens (tertiary/aromatic N) is 2. The number of phenolic OH excluding ortho intramolecular Hbond substituents is 1. The highest BCUT2D eigenvalue weighted by atomic mass is 16.5. The van der Waals surface area contributed by atoms with Crippen molar-refractivity contribution in [2.75, 3.05) is 45.9 Å². The van der Waals surface area contributed by atoms with Crippen LogP contribution in [0.25, 0.3) is 0 Å². The lowest BCUT2D eigenvalue weighted by Gasteiger charge is -2.31. The summed E-state index contributed by atoms with van der Waals surface area (Å²) < 4.78 is 5.39. The summed E-state index contributed by atoms with van der Waals surface area (Å²) in [6.45, 7) is 7.27. The highest BCUT2D eigenvalue weighted by molar-refractivity contribution is 5.29. The van der Waals surface area contributed by atoms with Crippen LogP contribution in [0.15, 0.2) is 24.3 Å². The normalized spacial score (nSPS) is 25.1. The number of phenols is 1. The molecule has 0 radical (unpaired) electrons. The molecule has 0 bridgehead atoms. The summed E-state index contributed by atoms with van der Waals surface area (Å²) in [5, 5.41) is 9.65. The Morgan fingerprint density at radius 3 is 2.80 bits per heavy atom. The van der Waals surface area contributed by atoms with Gasteiger partial charge in [0.2, 0.25) is 0 Å². The lowest BCUT2D eigenvalue weighted by molar-refractivity contribution is 0.0327. The maximum absolute atomic E-state index is 9.65. The maximum Gasteiger partial charge on any atom is 0.115 e. The molecule has 4 heteroatoms. The smallest absolute Gasteiger partial charge is 0.115 e. The Kier molecular flexibility index (Phi) is 4.55. The van der Waals surface area contributed by atoms with Crippen molar-refractivity contribution < 1.29 is 9.84 Å². The molecular weight excluding hydrogens is 252 g/mol. The second-order valence-electron chi connectivity index (χ2n) is 5.74. The third-order valence-electron chi connectivity index (χ3n) is 4.43. The van der Waals surface area contributed by atoms with Crippen LogP contribution in [0, 0.1) is 0 Å². The van der Waals surface area contributed by atoms with Crippen molar-refractivity contribution in [3.63, 3.8) is 0 Å². The van der Waals surface area contributed by atoms with Crippen molar-refractivity contribution in [1.29, 1.82) is 0 Å². The van der Waals surface area contributed by atoms with Crippen LogP contribution in [0.4, 0.5) is 0 Å². The molecule has 2 saturated heterocycles. The minimum atomic E-state index is 0.377. The van der Waals surface area contributed by atoms with Gasteiger partial charge < -0.3 is 9.84 Å². The van der Waals surface area contributed by atoms with Crippen molar-refractivity contribution in [1.82, 2.24) is 9.80 Å². The first-order valence-electron chi connectivity index (χ1n) is 7.66. The monoisotopic (exact) mass is 276 g/mol. The SMILES string of the molecule is Oc1cccc(C2CCCN2CCN2CCOCC2)c1. The van der Waals surface area contributed by atoms with E-state index in [1.54, 1.807) is 6.07 Å². The third-order valence-corrected chi connectivity index (χ3v) is 4.43. The molecule has 0 amide bonds. The van der Waals surface area contributed by atoms with Gasteiger partial charge >= 0.3 is 0 Å². The van der Waals surface area contributed by atoms with E-state index in [1.807, 2.05) is 12.1 Å². The molecule has 2 fully saturated rings. The Bertz CT molecular complexity index is 432. The Labute approximate surface area is 120 Å². The van der Waals surface area contributed by atoms with Gasteiger partial charge in [-0.25, -0.2) is 0 Å². The third kappa shape index (κ3) is 3.32. The minimum absolute atomic E-state index is 0.377. The summed E-state index contributed by atoms with van der Waals surface area (Å²) in [6.07, 6.45) is 2.45. The molecular formula is C16H24N2O2. The van der Waals surface area contributed by atoms with Crippen LogP contribution in [-0.2, 0) is 4.74 Å². The zero-order valence-electron chi connectivity index (χ0n) is 12.0. The molecule has 1 unspecified atom stereocenters. The molecule has 2 aliphatic heterocycles. The summed E-state index contributed by atoms with van der Waals surface area (Å²) in [5.74, 6) is 0.377. The van der Waals surface area contributed by atoms with Crippen LogP contribution in [0.2, 0.25) is 0 Å². The van der Waals surface area contributed by atoms with Gasteiger partial charge in [-0.15, -0.1) is 0 Å². The fourth-order valence-corrected chi connectivity index (χ4v) is 3.30. The number of hydrogen-bond acceptors (Lipinski definition) is 4. The molecule has 2 aliphatic rings. The van der Waals surface area contributed by atoms with Crippen LogP contribution >= 0.6 is 0 Å². The molecule has 0 saturated carbocycles. The van der Waals surface area contributed by atoms with Crippen LogP contribution < -0.4 is 0 Å². The minimum Gasteiger partial charge on any atom is -0.508 e. The number of hydrogen-bond donors (Lipinski definition) is 1. The van der Waals surface area contributed by atoms with Crippen molar-refractivity contribution in [3.05, 3.63) is 29.8 Å². The van der Waals surface area contributed by atoms with Gasteiger partial charge in [-0.05, 0) is 37.1 Å². The van der Waals surface area contributed by atoms with E-state index in [9.17, 15) is 5.11 Å². The van der Waals surface area contributed by atoms with Crippen LogP contribution in [-0.4, -0.2) is 60.8 Å². The Morgan fingerprint density at radius 2 is 2.00 bits per heavy atom. The fraction of sp³-hybridized carbons (Fsp3) is 0.625. The fourth-order valence-electron chi connectivity index (χ4n) is 3.30. The first-order chi connectivity index (χ1) is 9.83. The molecule has 20 heavy (non-hydrogen) atoms. The van der Waals surface area contributed by atoms with Gasteiger partial charge in [0.15, 0.2) is 0 Å². The molecule has 0 aromatic heterocycles. The summed E-state index contributed by atoms with van der Waals surface area (Å²) >= 11 is 0. The van der Waals surface area contributed by atoms with Gasteiger partial charge in [0.05, 0.1) is 13.2 Å². The van der Waals surface area contributed by atoms with Crippen LogP contribution in [0.3, 0.4) is 0 Å². The van der Waals surface area contributed by atoms with E-state index >= 15 is 0 Å². The highest BCUT2D eigenvalue weighted by Gasteiger charge is 2.26. The van der Waals surface area contributed by atoms with Gasteiger partial charge in [-0.1, -0.05) is 12.1 Å². The average molecular weight is 276 g/mol. The predicted molar refractivity (Wildman–Crippen MR) is 78.9 cm³/mol. The lowest BCUT2D eigenvalue weighted by atomic mass is 10.0. The standard InChI is InChI=1S/C16H24N2O2/c19-15-4-1-3-14(13-15)16-5-2-6-18(16)8-7-17-9-11-20-12-10-17/h1,3-4,13,16,19H,2,5-12H2. The highest BCUT2D eigenvalue weighted by Crippen LogP contribution is 2.32. The summed E-state index contributed by atoms with van der Waals surface area (Å²) in [5.41, 5.74) is 1.25. The van der Waals surface area contributed by atoms with E-state index in [2.05, 4.69) is 15.9 Å². The van der Waals surface area contributed by atoms with Gasteiger partial charge in [0.1, 0.15) is 5.75 Å². The molecule has 0 spiro atoms. The number of benzene rings is 1. The Hall–Kier alpha value is -1.10. The molecule has 1 aromatic carbocycles. The van der Waals surface area contributed by atoms with Gasteiger partial charge in [0.25, 0.3) is 0 Å². The average Bonchev–Trinajstić information content (AvgIpc) is 2.95. The van der Waals surface area contributed by atoms with E-state index in [-0.39, 0.29) is 0 Å². The molecule has 4 nitrogen and oxygen atoms in total. The van der Waals surface area contributed by atoms with E-state index in [4.69, 9.17) is 4.74 Å². The van der Waals surface area contributed by atoms with Gasteiger partial charge in [0, 0.05) is 32.2 Å². The van der Waals surface area contributed by atoms with E-state index in [0.29, 0.717) is 11.8 Å². The lowest BCUT2D eigenvalue weighted by Crippen LogP contribution is -2.41. The molecule has 110 valence electrons. The quantitative estimate of drug-likeness (QED) is 0.910. The van der Waals surface area contributed by atoms with Gasteiger partial charge in [-0.3, -0.25) is 9.80 Å². The number of likely N-dealkylation sites (tertiary alicyclic amines) is 1. The Morgan fingerprint density at radius 1 is 1.15 bits per heavy atom. The van der Waals surface area contributed by atoms with Crippen LogP contribution in [0.1, 0.15) is 24.4 Å². The van der Waals surface area contributed by atoms with Crippen molar-refractivity contribution in [2.24, 2.45) is 0 Å². The first-order valence-corrected chi connectivity index (χ1v) is 7.66. The first kappa shape index (κ1) is 13.9. The van der Waals surface area contributed by atoms with E-state index in [0.717, 1.165) is 39.4 Å². The van der Waals surface area contributed by atoms with Crippen LogP contribution in [0.5, 0.6) is 5.75 Å². The summed E-state index contributed by atoms with van der Waals surface area (Å²) in [4.78, 5) is 5.05.